The fourth-order valence-electron chi connectivity index (χ4n) is 1.61. The average molecular weight is 299 g/mol. The van der Waals surface area contributed by atoms with Crippen LogP contribution in [0.1, 0.15) is 24.2 Å². The van der Waals surface area contributed by atoms with Gasteiger partial charge in [0.2, 0.25) is 5.91 Å². The third kappa shape index (κ3) is 4.51. The van der Waals surface area contributed by atoms with E-state index in [9.17, 15) is 9.59 Å². The Balaban J connectivity index is 2.86. The van der Waals surface area contributed by atoms with Gasteiger partial charge in [0.05, 0.1) is 18.4 Å². The summed E-state index contributed by atoms with van der Waals surface area (Å²) in [5.74, 6) is -0.920. The Morgan fingerprint density at radius 1 is 1.40 bits per heavy atom. The van der Waals surface area contributed by atoms with Crippen molar-refractivity contribution in [3.05, 3.63) is 28.8 Å². The van der Waals surface area contributed by atoms with E-state index in [-0.39, 0.29) is 17.4 Å². The van der Waals surface area contributed by atoms with Gasteiger partial charge >= 0.3 is 5.97 Å². The number of carbonyl (C=O) groups excluding carboxylic acids is 2. The number of ether oxygens (including phenoxy) is 1. The lowest BCUT2D eigenvalue weighted by Gasteiger charge is -2.14. The summed E-state index contributed by atoms with van der Waals surface area (Å²) in [6, 6.07) is 4.67. The molecule has 2 N–H and O–H groups in total. The number of nitrogens with one attached hydrogen (secondary N) is 2. The molecule has 1 unspecified atom stereocenters. The second kappa shape index (κ2) is 7.87. The topological polar surface area (TPSA) is 67.4 Å². The highest BCUT2D eigenvalue weighted by Crippen LogP contribution is 2.22. The Hall–Kier alpha value is -1.59. The Kier molecular flexibility index (Phi) is 6.48. The number of halogens is 1. The monoisotopic (exact) mass is 298 g/mol. The zero-order valence-electron chi connectivity index (χ0n) is 11.8. The molecule has 0 aliphatic carbocycles. The van der Waals surface area contributed by atoms with Gasteiger partial charge in [-0.25, -0.2) is 4.79 Å². The number of hydrogen-bond acceptors (Lipinski definition) is 4. The zero-order valence-corrected chi connectivity index (χ0v) is 12.6. The van der Waals surface area contributed by atoms with E-state index in [0.29, 0.717) is 17.3 Å². The van der Waals surface area contributed by atoms with Crippen molar-refractivity contribution in [3.8, 4) is 0 Å². The van der Waals surface area contributed by atoms with E-state index in [1.165, 1.54) is 13.2 Å². The molecule has 6 heteroatoms. The summed E-state index contributed by atoms with van der Waals surface area (Å²) in [5.41, 5.74) is 0.638. The van der Waals surface area contributed by atoms with Crippen molar-refractivity contribution in [2.75, 3.05) is 25.5 Å². The summed E-state index contributed by atoms with van der Waals surface area (Å²) in [4.78, 5) is 23.7. The SMILES string of the molecule is CCNCC(C)C(=O)Nc1ccc(Cl)cc1C(=O)OC. The van der Waals surface area contributed by atoms with Crippen LogP contribution in [0.2, 0.25) is 5.02 Å². The van der Waals surface area contributed by atoms with Gasteiger partial charge in [0.1, 0.15) is 0 Å². The maximum atomic E-state index is 12.0. The van der Waals surface area contributed by atoms with Crippen LogP contribution in [0.15, 0.2) is 18.2 Å². The van der Waals surface area contributed by atoms with E-state index in [1.54, 1.807) is 12.1 Å². The number of methoxy groups -OCH3 is 1. The third-order valence-corrected chi connectivity index (χ3v) is 3.03. The van der Waals surface area contributed by atoms with Crippen LogP contribution >= 0.6 is 11.6 Å². The molecule has 1 rings (SSSR count). The quantitative estimate of drug-likeness (QED) is 0.791. The van der Waals surface area contributed by atoms with E-state index in [2.05, 4.69) is 15.4 Å². The van der Waals surface area contributed by atoms with Crippen LogP contribution in [-0.2, 0) is 9.53 Å². The number of rotatable bonds is 6. The number of benzene rings is 1. The molecule has 1 aromatic carbocycles. The van der Waals surface area contributed by atoms with Crippen LogP contribution < -0.4 is 10.6 Å². The Bertz CT molecular complexity index is 491. The van der Waals surface area contributed by atoms with Gasteiger partial charge in [-0.05, 0) is 24.7 Å². The van der Waals surface area contributed by atoms with Crippen molar-refractivity contribution in [2.24, 2.45) is 5.92 Å². The number of esters is 1. The predicted octanol–water partition coefficient (Wildman–Crippen LogP) is 2.31. The standard InChI is InChI=1S/C14H19ClN2O3/c1-4-16-8-9(2)13(18)17-12-6-5-10(15)7-11(12)14(19)20-3/h5-7,9,16H,4,8H2,1-3H3,(H,17,18). The molecule has 0 aliphatic heterocycles. The molecular weight excluding hydrogens is 280 g/mol. The molecule has 0 spiro atoms. The second-order valence-electron chi connectivity index (χ2n) is 4.38. The minimum absolute atomic E-state index is 0.168. The molecule has 0 aliphatic rings. The highest BCUT2D eigenvalue weighted by molar-refractivity contribution is 6.31. The number of carbonyl (C=O) groups is 2. The smallest absolute Gasteiger partial charge is 0.340 e. The summed E-state index contributed by atoms with van der Waals surface area (Å²) in [6.45, 7) is 5.15. The summed E-state index contributed by atoms with van der Waals surface area (Å²) >= 11 is 5.86. The van der Waals surface area contributed by atoms with Gasteiger partial charge in [-0.1, -0.05) is 25.4 Å². The largest absolute Gasteiger partial charge is 0.465 e. The van der Waals surface area contributed by atoms with Gasteiger partial charge in [-0.3, -0.25) is 4.79 Å². The highest BCUT2D eigenvalue weighted by Gasteiger charge is 2.17. The Morgan fingerprint density at radius 3 is 2.70 bits per heavy atom. The van der Waals surface area contributed by atoms with Crippen molar-refractivity contribution in [2.45, 2.75) is 13.8 Å². The Labute approximate surface area is 123 Å². The van der Waals surface area contributed by atoms with Gasteiger partial charge < -0.3 is 15.4 Å². The van der Waals surface area contributed by atoms with E-state index in [0.717, 1.165) is 6.54 Å². The van der Waals surface area contributed by atoms with Gasteiger partial charge in [-0.15, -0.1) is 0 Å². The summed E-state index contributed by atoms with van der Waals surface area (Å²) < 4.78 is 4.68. The lowest BCUT2D eigenvalue weighted by Crippen LogP contribution is -2.30. The van der Waals surface area contributed by atoms with Crippen molar-refractivity contribution in [3.63, 3.8) is 0 Å². The summed E-state index contributed by atoms with van der Waals surface area (Å²) in [6.07, 6.45) is 0. The fraction of sp³-hybridized carbons (Fsp3) is 0.429. The fourth-order valence-corrected chi connectivity index (χ4v) is 1.79. The van der Waals surface area contributed by atoms with Gasteiger partial charge in [0.15, 0.2) is 0 Å². The molecule has 5 nitrogen and oxygen atoms in total. The van der Waals surface area contributed by atoms with Crippen LogP contribution in [0.5, 0.6) is 0 Å². The Morgan fingerprint density at radius 2 is 2.10 bits per heavy atom. The molecule has 1 atom stereocenters. The normalized spacial score (nSPS) is 11.8. The molecule has 0 bridgehead atoms. The molecule has 110 valence electrons. The zero-order chi connectivity index (χ0) is 15.1. The first-order chi connectivity index (χ1) is 9.49. The molecule has 0 saturated carbocycles. The number of amides is 1. The molecule has 20 heavy (non-hydrogen) atoms. The average Bonchev–Trinajstić information content (AvgIpc) is 2.45. The van der Waals surface area contributed by atoms with Crippen molar-refractivity contribution in [1.82, 2.24) is 5.32 Å². The van der Waals surface area contributed by atoms with Crippen molar-refractivity contribution in [1.29, 1.82) is 0 Å². The van der Waals surface area contributed by atoms with Crippen LogP contribution in [0.3, 0.4) is 0 Å². The first kappa shape index (κ1) is 16.5. The minimum atomic E-state index is -0.540. The maximum absolute atomic E-state index is 12.0. The molecule has 0 aromatic heterocycles. The van der Waals surface area contributed by atoms with Crippen LogP contribution in [0, 0.1) is 5.92 Å². The molecule has 0 radical (unpaired) electrons. The molecule has 0 heterocycles. The third-order valence-electron chi connectivity index (χ3n) is 2.79. The predicted molar refractivity (Wildman–Crippen MR) is 79.1 cm³/mol. The van der Waals surface area contributed by atoms with Gasteiger partial charge in [-0.2, -0.15) is 0 Å². The van der Waals surface area contributed by atoms with E-state index in [4.69, 9.17) is 11.6 Å². The first-order valence-electron chi connectivity index (χ1n) is 6.39. The van der Waals surface area contributed by atoms with Crippen molar-refractivity contribution >= 4 is 29.2 Å². The van der Waals surface area contributed by atoms with E-state index < -0.39 is 5.97 Å². The number of anilines is 1. The summed E-state index contributed by atoms with van der Waals surface area (Å²) in [5, 5.41) is 6.23. The highest BCUT2D eigenvalue weighted by atomic mass is 35.5. The van der Waals surface area contributed by atoms with Gasteiger partial charge in [0, 0.05) is 17.5 Å². The van der Waals surface area contributed by atoms with Crippen LogP contribution in [0.25, 0.3) is 0 Å². The van der Waals surface area contributed by atoms with Crippen LogP contribution in [0.4, 0.5) is 5.69 Å². The van der Waals surface area contributed by atoms with E-state index in [1.807, 2.05) is 13.8 Å². The lowest BCUT2D eigenvalue weighted by atomic mass is 10.1. The minimum Gasteiger partial charge on any atom is -0.465 e. The molecule has 1 aromatic rings. The molecular formula is C14H19ClN2O3. The maximum Gasteiger partial charge on any atom is 0.340 e. The molecule has 0 fully saturated rings. The van der Waals surface area contributed by atoms with Gasteiger partial charge in [0.25, 0.3) is 0 Å². The van der Waals surface area contributed by atoms with Crippen LogP contribution in [-0.4, -0.2) is 32.1 Å². The van der Waals surface area contributed by atoms with Crippen molar-refractivity contribution < 1.29 is 14.3 Å². The summed E-state index contributed by atoms with van der Waals surface area (Å²) in [7, 11) is 1.28. The van der Waals surface area contributed by atoms with E-state index >= 15 is 0 Å². The second-order valence-corrected chi connectivity index (χ2v) is 4.82. The first-order valence-corrected chi connectivity index (χ1v) is 6.76. The molecule has 1 amide bonds. The number of hydrogen-bond donors (Lipinski definition) is 2. The lowest BCUT2D eigenvalue weighted by molar-refractivity contribution is -0.119. The molecule has 0 saturated heterocycles.